The van der Waals surface area contributed by atoms with E-state index in [1.165, 1.54) is 0 Å². The van der Waals surface area contributed by atoms with Gasteiger partial charge in [0.2, 0.25) is 0 Å². The molecule has 0 aromatic heterocycles. The summed E-state index contributed by atoms with van der Waals surface area (Å²) in [5, 5.41) is 6.73. The zero-order valence-corrected chi connectivity index (χ0v) is 19.1. The maximum Gasteiger partial charge on any atom is 0.407 e. The van der Waals surface area contributed by atoms with Gasteiger partial charge in [-0.15, -0.1) is 0 Å². The summed E-state index contributed by atoms with van der Waals surface area (Å²) in [5.41, 5.74) is 4.03. The molecule has 3 atom stereocenters. The van der Waals surface area contributed by atoms with E-state index in [9.17, 15) is 4.79 Å². The Morgan fingerprint density at radius 3 is 2.52 bits per heavy atom. The lowest BCUT2D eigenvalue weighted by molar-refractivity contribution is 0.130. The van der Waals surface area contributed by atoms with Crippen molar-refractivity contribution in [2.45, 2.75) is 25.6 Å². The van der Waals surface area contributed by atoms with Gasteiger partial charge >= 0.3 is 6.09 Å². The number of anilines is 1. The minimum atomic E-state index is -0.442. The normalized spacial score (nSPS) is 19.6. The number of halogens is 1. The monoisotopic (exact) mass is 480 g/mol. The van der Waals surface area contributed by atoms with Crippen molar-refractivity contribution in [2.24, 2.45) is 5.92 Å². The third kappa shape index (κ3) is 4.69. The van der Waals surface area contributed by atoms with Crippen molar-refractivity contribution in [3.8, 4) is 5.75 Å². The third-order valence-electron chi connectivity index (χ3n) is 5.68. The van der Waals surface area contributed by atoms with E-state index in [-0.39, 0.29) is 24.6 Å². The zero-order chi connectivity index (χ0) is 21.8. The Hall–Kier alpha value is -2.99. The molecule has 2 N–H and O–H groups in total. The number of alkyl carbamates (subject to hydrolysis) is 1. The van der Waals surface area contributed by atoms with Gasteiger partial charge in [0.1, 0.15) is 12.4 Å². The summed E-state index contributed by atoms with van der Waals surface area (Å²) >= 11 is 3.67. The maximum atomic E-state index is 12.7. The number of hydrogen-bond donors (Lipinski definition) is 2. The van der Waals surface area contributed by atoms with Crippen LogP contribution in [0.15, 0.2) is 77.3 Å². The number of rotatable bonds is 5. The van der Waals surface area contributed by atoms with Crippen molar-refractivity contribution < 1.29 is 14.3 Å². The minimum Gasteiger partial charge on any atom is -0.497 e. The molecule has 0 spiro atoms. The van der Waals surface area contributed by atoms with E-state index in [0.717, 1.165) is 32.6 Å². The van der Waals surface area contributed by atoms with Crippen LogP contribution in [-0.2, 0) is 11.3 Å². The van der Waals surface area contributed by atoms with Crippen LogP contribution in [0.25, 0.3) is 0 Å². The molecule has 3 aromatic rings. The largest absolute Gasteiger partial charge is 0.497 e. The molecule has 0 fully saturated rings. The molecule has 0 saturated heterocycles. The molecule has 4 rings (SSSR count). The van der Waals surface area contributed by atoms with E-state index in [1.54, 1.807) is 7.11 Å². The Balaban J connectivity index is 1.60. The summed E-state index contributed by atoms with van der Waals surface area (Å²) in [6.45, 7) is 2.35. The second-order valence-corrected chi connectivity index (χ2v) is 8.49. The number of fused-ring (bicyclic) bond motifs is 1. The fourth-order valence-corrected chi connectivity index (χ4v) is 4.55. The van der Waals surface area contributed by atoms with Gasteiger partial charge in [-0.3, -0.25) is 0 Å². The van der Waals surface area contributed by atoms with Gasteiger partial charge in [0.25, 0.3) is 0 Å². The van der Waals surface area contributed by atoms with Crippen molar-refractivity contribution >= 4 is 27.7 Å². The van der Waals surface area contributed by atoms with Crippen molar-refractivity contribution in [1.29, 1.82) is 0 Å². The molecular formula is C25H25BrN2O3. The number of carbonyl (C=O) groups is 1. The molecule has 1 aliphatic rings. The van der Waals surface area contributed by atoms with Gasteiger partial charge in [-0.1, -0.05) is 71.4 Å². The van der Waals surface area contributed by atoms with Crippen LogP contribution in [0, 0.1) is 5.92 Å². The number of hydrogen-bond acceptors (Lipinski definition) is 4. The Labute approximate surface area is 190 Å². The summed E-state index contributed by atoms with van der Waals surface area (Å²) < 4.78 is 12.0. The van der Waals surface area contributed by atoms with E-state index in [1.807, 2.05) is 66.7 Å². The number of methoxy groups -OCH3 is 1. The first kappa shape index (κ1) is 21.2. The summed E-state index contributed by atoms with van der Waals surface area (Å²) in [6, 6.07) is 23.5. The van der Waals surface area contributed by atoms with Gasteiger partial charge in [-0.2, -0.15) is 0 Å². The van der Waals surface area contributed by atoms with Gasteiger partial charge in [0.05, 0.1) is 19.2 Å². The van der Waals surface area contributed by atoms with Crippen molar-refractivity contribution in [1.82, 2.24) is 5.32 Å². The van der Waals surface area contributed by atoms with Crippen molar-refractivity contribution in [2.75, 3.05) is 12.4 Å². The topological polar surface area (TPSA) is 59.6 Å². The van der Waals surface area contributed by atoms with Gasteiger partial charge in [0, 0.05) is 21.6 Å². The van der Waals surface area contributed by atoms with Crippen LogP contribution in [0.1, 0.15) is 35.7 Å². The van der Waals surface area contributed by atoms with E-state index in [0.29, 0.717) is 0 Å². The summed E-state index contributed by atoms with van der Waals surface area (Å²) in [6.07, 6.45) is -0.442. The smallest absolute Gasteiger partial charge is 0.407 e. The van der Waals surface area contributed by atoms with E-state index in [4.69, 9.17) is 9.47 Å². The summed E-state index contributed by atoms with van der Waals surface area (Å²) in [5.74, 6) is 0.805. The first-order valence-corrected chi connectivity index (χ1v) is 11.0. The minimum absolute atomic E-state index is 0.0101. The van der Waals surface area contributed by atoms with Crippen LogP contribution in [-0.4, -0.2) is 13.2 Å². The van der Waals surface area contributed by atoms with E-state index < -0.39 is 6.09 Å². The predicted molar refractivity (Wildman–Crippen MR) is 125 cm³/mol. The van der Waals surface area contributed by atoms with Crippen LogP contribution < -0.4 is 15.4 Å². The second kappa shape index (κ2) is 9.43. The number of nitrogens with one attached hydrogen (secondary N) is 2. The highest BCUT2D eigenvalue weighted by molar-refractivity contribution is 9.10. The first-order valence-electron chi connectivity index (χ1n) is 10.2. The lowest BCUT2D eigenvalue weighted by Gasteiger charge is -2.39. The van der Waals surface area contributed by atoms with Crippen LogP contribution in [0.2, 0.25) is 0 Å². The molecule has 1 heterocycles. The Morgan fingerprint density at radius 1 is 1.03 bits per heavy atom. The molecule has 0 unspecified atom stereocenters. The third-order valence-corrected chi connectivity index (χ3v) is 6.40. The van der Waals surface area contributed by atoms with Crippen LogP contribution in [0.5, 0.6) is 5.75 Å². The Kier molecular flexibility index (Phi) is 6.47. The van der Waals surface area contributed by atoms with Crippen LogP contribution in [0.3, 0.4) is 0 Å². The van der Waals surface area contributed by atoms with Gasteiger partial charge in [-0.25, -0.2) is 4.79 Å². The summed E-state index contributed by atoms with van der Waals surface area (Å²) in [4.78, 5) is 12.7. The molecule has 0 radical (unpaired) electrons. The molecule has 5 nitrogen and oxygen atoms in total. The first-order chi connectivity index (χ1) is 15.1. The average molecular weight is 481 g/mol. The number of amides is 1. The lowest BCUT2D eigenvalue weighted by Crippen LogP contribution is -2.40. The van der Waals surface area contributed by atoms with E-state index >= 15 is 0 Å². The second-order valence-electron chi connectivity index (χ2n) is 7.64. The van der Waals surface area contributed by atoms with Gasteiger partial charge in [0.15, 0.2) is 0 Å². The van der Waals surface area contributed by atoms with Gasteiger partial charge in [-0.05, 0) is 35.4 Å². The highest BCUT2D eigenvalue weighted by atomic mass is 79.9. The molecule has 0 aliphatic carbocycles. The van der Waals surface area contributed by atoms with Crippen molar-refractivity contribution in [3.63, 3.8) is 0 Å². The molecule has 0 saturated carbocycles. The van der Waals surface area contributed by atoms with Crippen LogP contribution in [0.4, 0.5) is 10.5 Å². The predicted octanol–water partition coefficient (Wildman–Crippen LogP) is 6.23. The molecule has 3 aromatic carbocycles. The fraction of sp³-hybridized carbons (Fsp3) is 0.240. The van der Waals surface area contributed by atoms with E-state index in [2.05, 4.69) is 39.6 Å². The molecular weight excluding hydrogens is 456 g/mol. The highest BCUT2D eigenvalue weighted by Gasteiger charge is 2.36. The van der Waals surface area contributed by atoms with Crippen LogP contribution >= 0.6 is 15.9 Å². The average Bonchev–Trinajstić information content (AvgIpc) is 2.80. The standard InChI is InChI=1S/C25H25BrN2O3/c1-16-23(19-10-6-7-11-21(19)26)27-22-13-12-18(30-2)14-20(22)24(16)28-25(29)31-15-17-8-4-3-5-9-17/h3-14,16,23-24,27H,15H2,1-2H3,(H,28,29)/t16-,23+,24+/m1/s1. The molecule has 1 amide bonds. The quantitative estimate of drug-likeness (QED) is 0.454. The van der Waals surface area contributed by atoms with Crippen molar-refractivity contribution in [3.05, 3.63) is 94.0 Å². The Bertz CT molecular complexity index is 1060. The molecule has 160 valence electrons. The SMILES string of the molecule is COc1ccc2c(c1)[C@@H](NC(=O)OCc1ccccc1)[C@H](C)[C@@H](c1ccccc1Br)N2. The number of benzene rings is 3. The fourth-order valence-electron chi connectivity index (χ4n) is 4.02. The molecule has 6 heteroatoms. The highest BCUT2D eigenvalue weighted by Crippen LogP contribution is 2.45. The number of carbonyl (C=O) groups excluding carboxylic acids is 1. The molecule has 0 bridgehead atoms. The van der Waals surface area contributed by atoms with Gasteiger partial charge < -0.3 is 20.1 Å². The molecule has 31 heavy (non-hydrogen) atoms. The Morgan fingerprint density at radius 2 is 1.77 bits per heavy atom. The molecule has 1 aliphatic heterocycles. The maximum absolute atomic E-state index is 12.7. The zero-order valence-electron chi connectivity index (χ0n) is 17.5. The number of ether oxygens (including phenoxy) is 2. The summed E-state index contributed by atoms with van der Waals surface area (Å²) in [7, 11) is 1.64. The lowest BCUT2D eigenvalue weighted by atomic mass is 9.80.